The van der Waals surface area contributed by atoms with Crippen molar-refractivity contribution in [3.05, 3.63) is 24.7 Å². The van der Waals surface area contributed by atoms with Gasteiger partial charge in [-0.25, -0.2) is 4.99 Å². The van der Waals surface area contributed by atoms with Crippen LogP contribution < -0.4 is 0 Å². The topological polar surface area (TPSA) is 15.6 Å². The second-order valence-electron chi connectivity index (χ2n) is 3.12. The van der Waals surface area contributed by atoms with Crippen LogP contribution in [0.5, 0.6) is 0 Å². The second-order valence-corrected chi connectivity index (χ2v) is 4.40. The highest BCUT2D eigenvalue weighted by Gasteiger charge is 2.12. The van der Waals surface area contributed by atoms with Crippen LogP contribution in [0.1, 0.15) is 20.8 Å². The molecule has 0 aliphatic carbocycles. The first-order valence-corrected chi connectivity index (χ1v) is 5.50. The van der Waals surface area contributed by atoms with Crippen molar-refractivity contribution in [2.75, 3.05) is 5.75 Å². The average Bonchev–Trinajstić information content (AvgIpc) is 2.04. The van der Waals surface area contributed by atoms with Crippen molar-refractivity contribution in [1.29, 1.82) is 0 Å². The molecule has 0 radical (unpaired) electrons. The Kier molecular flexibility index (Phi) is 3.60. The fraction of sp³-hybridized carbons (Fsp3) is 0.500. The van der Waals surface area contributed by atoms with Crippen LogP contribution in [0.25, 0.3) is 0 Å². The number of rotatable bonds is 2. The molecule has 0 saturated heterocycles. The predicted molar refractivity (Wildman–Crippen MR) is 60.8 cm³/mol. The first kappa shape index (κ1) is 10.4. The van der Waals surface area contributed by atoms with Crippen molar-refractivity contribution in [3.63, 3.8) is 0 Å². The van der Waals surface area contributed by atoms with E-state index in [0.717, 1.165) is 16.6 Å². The van der Waals surface area contributed by atoms with Crippen molar-refractivity contribution < 1.29 is 0 Å². The van der Waals surface area contributed by atoms with Gasteiger partial charge in [-0.1, -0.05) is 13.5 Å². The van der Waals surface area contributed by atoms with Crippen LogP contribution in [0.2, 0.25) is 0 Å². The maximum absolute atomic E-state index is 4.40. The van der Waals surface area contributed by atoms with Gasteiger partial charge in [-0.05, 0) is 25.7 Å². The average molecular weight is 196 g/mol. The van der Waals surface area contributed by atoms with Gasteiger partial charge in [-0.15, -0.1) is 11.8 Å². The fourth-order valence-electron chi connectivity index (χ4n) is 1.15. The number of thioether (sulfide) groups is 1. The standard InChI is InChI=1S/C10H16N2S/c1-5-13-10-6-7-12(8(2)3)9(4)11-10/h6-8H,4-5H2,1-3H3. The smallest absolute Gasteiger partial charge is 0.126 e. The van der Waals surface area contributed by atoms with Crippen molar-refractivity contribution in [2.45, 2.75) is 26.8 Å². The molecular weight excluding hydrogens is 180 g/mol. The summed E-state index contributed by atoms with van der Waals surface area (Å²) in [5.74, 6) is 1.89. The third-order valence-electron chi connectivity index (χ3n) is 1.76. The highest BCUT2D eigenvalue weighted by molar-refractivity contribution is 8.14. The lowest BCUT2D eigenvalue weighted by atomic mass is 10.3. The summed E-state index contributed by atoms with van der Waals surface area (Å²) in [7, 11) is 0. The molecule has 2 nitrogen and oxygen atoms in total. The van der Waals surface area contributed by atoms with E-state index in [0.29, 0.717) is 6.04 Å². The van der Waals surface area contributed by atoms with Crippen LogP contribution in [0.3, 0.4) is 0 Å². The quantitative estimate of drug-likeness (QED) is 0.675. The minimum atomic E-state index is 0.431. The molecule has 0 atom stereocenters. The molecule has 1 aliphatic rings. The Hall–Kier alpha value is -0.700. The predicted octanol–water partition coefficient (Wildman–Crippen LogP) is 2.85. The van der Waals surface area contributed by atoms with Gasteiger partial charge in [0.25, 0.3) is 0 Å². The molecule has 1 aliphatic heterocycles. The monoisotopic (exact) mass is 196 g/mol. The van der Waals surface area contributed by atoms with E-state index in [4.69, 9.17) is 0 Å². The summed E-state index contributed by atoms with van der Waals surface area (Å²) in [6.07, 6.45) is 4.10. The minimum absolute atomic E-state index is 0.431. The van der Waals surface area contributed by atoms with Crippen molar-refractivity contribution in [2.24, 2.45) is 4.99 Å². The van der Waals surface area contributed by atoms with Crippen LogP contribution in [0.4, 0.5) is 0 Å². The van der Waals surface area contributed by atoms with E-state index >= 15 is 0 Å². The van der Waals surface area contributed by atoms with E-state index in [1.54, 1.807) is 11.8 Å². The molecular formula is C10H16N2S. The first-order chi connectivity index (χ1) is 6.15. The maximum Gasteiger partial charge on any atom is 0.126 e. The van der Waals surface area contributed by atoms with Crippen molar-refractivity contribution in [1.82, 2.24) is 4.90 Å². The van der Waals surface area contributed by atoms with E-state index < -0.39 is 0 Å². The molecule has 0 aromatic carbocycles. The van der Waals surface area contributed by atoms with Crippen LogP contribution in [0, 0.1) is 0 Å². The SMILES string of the molecule is C=C1N=C(SCC)C=CN1C(C)C. The van der Waals surface area contributed by atoms with Crippen LogP contribution >= 0.6 is 11.8 Å². The Morgan fingerprint density at radius 1 is 1.62 bits per heavy atom. The molecule has 0 saturated carbocycles. The first-order valence-electron chi connectivity index (χ1n) is 4.52. The van der Waals surface area contributed by atoms with E-state index in [1.165, 1.54) is 0 Å². The van der Waals surface area contributed by atoms with Crippen LogP contribution in [-0.4, -0.2) is 21.7 Å². The summed E-state index contributed by atoms with van der Waals surface area (Å²) in [6, 6.07) is 0.431. The number of hydrogen-bond acceptors (Lipinski definition) is 3. The molecule has 0 N–H and O–H groups in total. The van der Waals surface area contributed by atoms with Gasteiger partial charge in [0, 0.05) is 12.2 Å². The van der Waals surface area contributed by atoms with E-state index in [9.17, 15) is 0 Å². The zero-order valence-electron chi connectivity index (χ0n) is 8.45. The maximum atomic E-state index is 4.40. The third kappa shape index (κ3) is 2.62. The molecule has 0 aromatic heterocycles. The number of aliphatic imine (C=N–C) groups is 1. The molecule has 0 amide bonds. The van der Waals surface area contributed by atoms with Crippen LogP contribution in [-0.2, 0) is 0 Å². The van der Waals surface area contributed by atoms with Crippen LogP contribution in [0.15, 0.2) is 29.7 Å². The van der Waals surface area contributed by atoms with Gasteiger partial charge < -0.3 is 4.90 Å². The molecule has 0 fully saturated rings. The molecule has 0 bridgehead atoms. The molecule has 0 aromatic rings. The van der Waals surface area contributed by atoms with Gasteiger partial charge in [-0.2, -0.15) is 0 Å². The molecule has 0 unspecified atom stereocenters. The summed E-state index contributed by atoms with van der Waals surface area (Å²) >= 11 is 1.75. The number of nitrogens with zero attached hydrogens (tertiary/aromatic N) is 2. The molecule has 1 rings (SSSR count). The molecule has 1 heterocycles. The van der Waals surface area contributed by atoms with E-state index in [2.05, 4.69) is 43.4 Å². The summed E-state index contributed by atoms with van der Waals surface area (Å²) in [5, 5.41) is 1.06. The Bertz CT molecular complexity index is 254. The zero-order valence-corrected chi connectivity index (χ0v) is 9.27. The minimum Gasteiger partial charge on any atom is -0.331 e. The second kappa shape index (κ2) is 4.51. The molecule has 13 heavy (non-hydrogen) atoms. The molecule has 0 spiro atoms. The van der Waals surface area contributed by atoms with Gasteiger partial charge >= 0.3 is 0 Å². The highest BCUT2D eigenvalue weighted by Crippen LogP contribution is 2.18. The van der Waals surface area contributed by atoms with Gasteiger partial charge in [0.2, 0.25) is 0 Å². The Labute approximate surface area is 84.4 Å². The number of hydrogen-bond donors (Lipinski definition) is 0. The summed E-state index contributed by atoms with van der Waals surface area (Å²) in [5.41, 5.74) is 0. The molecule has 3 heteroatoms. The largest absolute Gasteiger partial charge is 0.331 e. The zero-order chi connectivity index (χ0) is 9.84. The van der Waals surface area contributed by atoms with Crippen molar-refractivity contribution >= 4 is 16.8 Å². The lowest BCUT2D eigenvalue weighted by Gasteiger charge is -2.27. The normalized spacial score (nSPS) is 16.8. The third-order valence-corrected chi connectivity index (χ3v) is 2.58. The van der Waals surface area contributed by atoms with Gasteiger partial charge in [0.05, 0.1) is 5.04 Å². The summed E-state index contributed by atoms with van der Waals surface area (Å²) in [6.45, 7) is 10.3. The lowest BCUT2D eigenvalue weighted by molar-refractivity contribution is 0.380. The van der Waals surface area contributed by atoms with E-state index in [-0.39, 0.29) is 0 Å². The molecule has 72 valence electrons. The van der Waals surface area contributed by atoms with Gasteiger partial charge in [0.1, 0.15) is 5.82 Å². The van der Waals surface area contributed by atoms with E-state index in [1.807, 2.05) is 6.08 Å². The lowest BCUT2D eigenvalue weighted by Crippen LogP contribution is -2.25. The van der Waals surface area contributed by atoms with Gasteiger partial charge in [0.15, 0.2) is 0 Å². The van der Waals surface area contributed by atoms with Gasteiger partial charge in [-0.3, -0.25) is 0 Å². The Balaban J connectivity index is 2.67. The Morgan fingerprint density at radius 3 is 2.77 bits per heavy atom. The van der Waals surface area contributed by atoms with Crippen molar-refractivity contribution in [3.8, 4) is 0 Å². The summed E-state index contributed by atoms with van der Waals surface area (Å²) in [4.78, 5) is 6.47. The summed E-state index contributed by atoms with van der Waals surface area (Å²) < 4.78 is 0. The Morgan fingerprint density at radius 2 is 2.31 bits per heavy atom. The fourth-order valence-corrected chi connectivity index (χ4v) is 1.77. The highest BCUT2D eigenvalue weighted by atomic mass is 32.2.